The SMILES string of the molecule is CCOC(=O)Cn1c(=NC(=O)C2CCCCC2)sc2cc(OCC)ccc21. The van der Waals surface area contributed by atoms with Crippen LogP contribution in [0, 0.1) is 5.92 Å². The van der Waals surface area contributed by atoms with Crippen molar-refractivity contribution in [2.24, 2.45) is 10.9 Å². The van der Waals surface area contributed by atoms with Crippen LogP contribution >= 0.6 is 11.3 Å². The highest BCUT2D eigenvalue weighted by atomic mass is 32.1. The Morgan fingerprint density at radius 3 is 2.67 bits per heavy atom. The van der Waals surface area contributed by atoms with E-state index in [-0.39, 0.29) is 24.3 Å². The van der Waals surface area contributed by atoms with E-state index in [1.807, 2.05) is 25.1 Å². The van der Waals surface area contributed by atoms with E-state index in [1.54, 1.807) is 11.5 Å². The summed E-state index contributed by atoms with van der Waals surface area (Å²) in [5.41, 5.74) is 0.853. The van der Waals surface area contributed by atoms with Crippen LogP contribution in [0.1, 0.15) is 46.0 Å². The molecule has 1 amide bonds. The summed E-state index contributed by atoms with van der Waals surface area (Å²) < 4.78 is 13.4. The molecule has 1 fully saturated rings. The molecule has 3 rings (SSSR count). The molecule has 2 aromatic rings. The van der Waals surface area contributed by atoms with Crippen LogP contribution in [0.2, 0.25) is 0 Å². The molecule has 1 aromatic heterocycles. The van der Waals surface area contributed by atoms with Gasteiger partial charge in [-0.15, -0.1) is 0 Å². The molecule has 0 spiro atoms. The first-order chi connectivity index (χ1) is 13.1. The van der Waals surface area contributed by atoms with Crippen LogP contribution in [0.4, 0.5) is 0 Å². The molecule has 1 saturated carbocycles. The largest absolute Gasteiger partial charge is 0.494 e. The number of hydrogen-bond donors (Lipinski definition) is 0. The predicted molar refractivity (Wildman–Crippen MR) is 105 cm³/mol. The minimum atomic E-state index is -0.336. The first kappa shape index (κ1) is 19.6. The van der Waals surface area contributed by atoms with Crippen molar-refractivity contribution >= 4 is 33.4 Å². The second-order valence-corrected chi connectivity index (χ2v) is 7.63. The van der Waals surface area contributed by atoms with Crippen LogP contribution in [0.3, 0.4) is 0 Å². The lowest BCUT2D eigenvalue weighted by Gasteiger charge is -2.17. The van der Waals surface area contributed by atoms with E-state index in [0.717, 1.165) is 41.6 Å². The summed E-state index contributed by atoms with van der Waals surface area (Å²) in [6, 6.07) is 5.70. The van der Waals surface area contributed by atoms with Crippen LogP contribution in [-0.2, 0) is 20.9 Å². The van der Waals surface area contributed by atoms with E-state index < -0.39 is 0 Å². The zero-order valence-corrected chi connectivity index (χ0v) is 16.7. The summed E-state index contributed by atoms with van der Waals surface area (Å²) in [7, 11) is 0. The van der Waals surface area contributed by atoms with Gasteiger partial charge in [0, 0.05) is 5.92 Å². The molecule has 0 aliphatic heterocycles. The van der Waals surface area contributed by atoms with E-state index in [1.165, 1.54) is 17.8 Å². The minimum absolute atomic E-state index is 0.000934. The summed E-state index contributed by atoms with van der Waals surface area (Å²) in [5, 5.41) is 0. The van der Waals surface area contributed by atoms with Gasteiger partial charge in [-0.1, -0.05) is 30.6 Å². The molecule has 146 valence electrons. The molecular formula is C20H26N2O4S. The summed E-state index contributed by atoms with van der Waals surface area (Å²) in [6.07, 6.45) is 5.16. The molecular weight excluding hydrogens is 364 g/mol. The minimum Gasteiger partial charge on any atom is -0.494 e. The monoisotopic (exact) mass is 390 g/mol. The first-order valence-corrected chi connectivity index (χ1v) is 10.4. The number of benzene rings is 1. The van der Waals surface area contributed by atoms with Crippen molar-refractivity contribution in [3.63, 3.8) is 0 Å². The fourth-order valence-corrected chi connectivity index (χ4v) is 4.48. The number of fused-ring (bicyclic) bond motifs is 1. The second kappa shape index (κ2) is 9.17. The Morgan fingerprint density at radius 2 is 1.96 bits per heavy atom. The Labute approximate surface area is 162 Å². The number of rotatable bonds is 6. The van der Waals surface area contributed by atoms with Gasteiger partial charge in [0.25, 0.3) is 5.91 Å². The predicted octanol–water partition coefficient (Wildman–Crippen LogP) is 3.67. The molecule has 0 bridgehead atoms. The van der Waals surface area contributed by atoms with Gasteiger partial charge >= 0.3 is 5.97 Å². The van der Waals surface area contributed by atoms with Gasteiger partial charge < -0.3 is 14.0 Å². The number of hydrogen-bond acceptors (Lipinski definition) is 5. The van der Waals surface area contributed by atoms with Crippen LogP contribution in [0.25, 0.3) is 10.2 Å². The number of ether oxygens (including phenoxy) is 2. The third kappa shape index (κ3) is 4.77. The van der Waals surface area contributed by atoms with Crippen LogP contribution in [0.5, 0.6) is 5.75 Å². The molecule has 1 aromatic carbocycles. The molecule has 7 heteroatoms. The van der Waals surface area contributed by atoms with Gasteiger partial charge in [0.1, 0.15) is 12.3 Å². The average molecular weight is 391 g/mol. The number of carbonyl (C=O) groups is 2. The second-order valence-electron chi connectivity index (χ2n) is 6.62. The Balaban J connectivity index is 2.01. The molecule has 0 radical (unpaired) electrons. The van der Waals surface area contributed by atoms with Gasteiger partial charge in [-0.05, 0) is 44.9 Å². The molecule has 1 heterocycles. The molecule has 0 unspecified atom stereocenters. The quantitative estimate of drug-likeness (QED) is 0.706. The fraction of sp³-hybridized carbons (Fsp3) is 0.550. The van der Waals surface area contributed by atoms with Gasteiger partial charge in [0.05, 0.1) is 23.4 Å². The highest BCUT2D eigenvalue weighted by Gasteiger charge is 2.21. The molecule has 27 heavy (non-hydrogen) atoms. The van der Waals surface area contributed by atoms with E-state index in [9.17, 15) is 9.59 Å². The Kier molecular flexibility index (Phi) is 6.66. The Bertz CT molecular complexity index is 878. The van der Waals surface area contributed by atoms with Gasteiger partial charge in [-0.3, -0.25) is 9.59 Å². The maximum atomic E-state index is 12.7. The third-order valence-corrected chi connectivity index (χ3v) is 5.76. The van der Waals surface area contributed by atoms with Crippen molar-refractivity contribution in [2.45, 2.75) is 52.5 Å². The summed E-state index contributed by atoms with van der Waals surface area (Å²) in [5.74, 6) is 0.347. The lowest BCUT2D eigenvalue weighted by molar-refractivity contribution is -0.143. The van der Waals surface area contributed by atoms with Crippen molar-refractivity contribution in [1.82, 2.24) is 4.57 Å². The summed E-state index contributed by atoms with van der Waals surface area (Å²) in [6.45, 7) is 4.66. The molecule has 1 aliphatic carbocycles. The number of aromatic nitrogens is 1. The Hall–Kier alpha value is -2.15. The van der Waals surface area contributed by atoms with E-state index in [4.69, 9.17) is 9.47 Å². The highest BCUT2D eigenvalue weighted by Crippen LogP contribution is 2.26. The van der Waals surface area contributed by atoms with Gasteiger partial charge in [-0.2, -0.15) is 4.99 Å². The molecule has 6 nitrogen and oxygen atoms in total. The smallest absolute Gasteiger partial charge is 0.326 e. The topological polar surface area (TPSA) is 69.9 Å². The average Bonchev–Trinajstić information content (AvgIpc) is 2.99. The van der Waals surface area contributed by atoms with Crippen LogP contribution < -0.4 is 9.54 Å². The van der Waals surface area contributed by atoms with Crippen molar-refractivity contribution < 1.29 is 19.1 Å². The third-order valence-electron chi connectivity index (χ3n) is 4.72. The number of esters is 1. The standard InChI is InChI=1S/C20H26N2O4S/c1-3-25-15-10-11-16-17(12-15)27-20(22(16)13-18(23)26-4-2)21-19(24)14-8-6-5-7-9-14/h10-12,14H,3-9,13H2,1-2H3. The fourth-order valence-electron chi connectivity index (χ4n) is 3.42. The summed E-state index contributed by atoms with van der Waals surface area (Å²) >= 11 is 1.40. The lowest BCUT2D eigenvalue weighted by atomic mass is 9.89. The zero-order valence-electron chi connectivity index (χ0n) is 15.9. The van der Waals surface area contributed by atoms with Crippen molar-refractivity contribution in [1.29, 1.82) is 0 Å². The zero-order chi connectivity index (χ0) is 19.2. The van der Waals surface area contributed by atoms with Crippen molar-refractivity contribution in [3.05, 3.63) is 23.0 Å². The molecule has 0 N–H and O–H groups in total. The number of amides is 1. The number of carbonyl (C=O) groups excluding carboxylic acids is 2. The lowest BCUT2D eigenvalue weighted by Crippen LogP contribution is -2.25. The molecule has 0 saturated heterocycles. The van der Waals surface area contributed by atoms with E-state index in [2.05, 4.69) is 4.99 Å². The van der Waals surface area contributed by atoms with Crippen molar-refractivity contribution in [2.75, 3.05) is 13.2 Å². The first-order valence-electron chi connectivity index (χ1n) is 9.62. The normalized spacial score (nSPS) is 15.9. The van der Waals surface area contributed by atoms with Crippen molar-refractivity contribution in [3.8, 4) is 5.75 Å². The van der Waals surface area contributed by atoms with Gasteiger partial charge in [-0.25, -0.2) is 0 Å². The maximum Gasteiger partial charge on any atom is 0.326 e. The highest BCUT2D eigenvalue weighted by molar-refractivity contribution is 7.16. The summed E-state index contributed by atoms with van der Waals surface area (Å²) in [4.78, 5) is 29.7. The van der Waals surface area contributed by atoms with Crippen LogP contribution in [-0.4, -0.2) is 29.7 Å². The van der Waals surface area contributed by atoms with Gasteiger partial charge in [0.15, 0.2) is 4.80 Å². The maximum absolute atomic E-state index is 12.7. The Morgan fingerprint density at radius 1 is 1.19 bits per heavy atom. The number of nitrogens with zero attached hydrogens (tertiary/aromatic N) is 2. The van der Waals surface area contributed by atoms with Crippen LogP contribution in [0.15, 0.2) is 23.2 Å². The van der Waals surface area contributed by atoms with Gasteiger partial charge in [0.2, 0.25) is 0 Å². The molecule has 0 atom stereocenters. The van der Waals surface area contributed by atoms with E-state index >= 15 is 0 Å². The molecule has 1 aliphatic rings. The van der Waals surface area contributed by atoms with E-state index in [0.29, 0.717) is 18.0 Å². The number of thiazole rings is 1.